The van der Waals surface area contributed by atoms with Crippen molar-refractivity contribution in [3.05, 3.63) is 88.1 Å². The van der Waals surface area contributed by atoms with Crippen LogP contribution in [0.15, 0.2) is 77.0 Å². The zero-order valence-electron chi connectivity index (χ0n) is 19.1. The Morgan fingerprint density at radius 2 is 1.62 bits per heavy atom. The minimum atomic E-state index is -3.51. The minimum Gasteiger partial charge on any atom is -0.379 e. The van der Waals surface area contributed by atoms with E-state index in [1.807, 2.05) is 46.7 Å². The highest BCUT2D eigenvalue weighted by molar-refractivity contribution is 7.89. The van der Waals surface area contributed by atoms with Gasteiger partial charge in [-0.15, -0.1) is 11.3 Å². The fourth-order valence-electron chi connectivity index (χ4n) is 3.96. The lowest BCUT2D eigenvalue weighted by Crippen LogP contribution is -2.40. The summed E-state index contributed by atoms with van der Waals surface area (Å²) in [5, 5.41) is 2.03. The normalized spacial score (nSPS) is 14.7. The van der Waals surface area contributed by atoms with E-state index in [1.165, 1.54) is 14.7 Å². The Morgan fingerprint density at radius 1 is 0.912 bits per heavy atom. The number of morpholine rings is 1. The number of thiophene rings is 1. The maximum atomic E-state index is 13.1. The lowest BCUT2D eigenvalue weighted by Gasteiger charge is -2.26. The summed E-state index contributed by atoms with van der Waals surface area (Å²) in [5.74, 6) is 0.106. The molecule has 34 heavy (non-hydrogen) atoms. The number of nitrogens with zero attached hydrogens (tertiary/aromatic N) is 2. The van der Waals surface area contributed by atoms with Crippen molar-refractivity contribution < 1.29 is 17.9 Å². The largest absolute Gasteiger partial charge is 0.379 e. The lowest BCUT2D eigenvalue weighted by molar-refractivity contribution is -0.131. The van der Waals surface area contributed by atoms with Crippen LogP contribution in [0.3, 0.4) is 0 Å². The van der Waals surface area contributed by atoms with Crippen molar-refractivity contribution in [2.45, 2.75) is 30.7 Å². The molecule has 0 atom stereocenters. The zero-order valence-corrected chi connectivity index (χ0v) is 20.8. The van der Waals surface area contributed by atoms with Crippen molar-refractivity contribution in [2.24, 2.45) is 0 Å². The van der Waals surface area contributed by atoms with Gasteiger partial charge in [-0.3, -0.25) is 4.79 Å². The summed E-state index contributed by atoms with van der Waals surface area (Å²) in [7, 11) is -3.51. The molecule has 6 nitrogen and oxygen atoms in total. The molecule has 180 valence electrons. The number of sulfonamides is 1. The third-order valence-electron chi connectivity index (χ3n) is 5.95. The van der Waals surface area contributed by atoms with Gasteiger partial charge in [0.2, 0.25) is 15.9 Å². The Kier molecular flexibility index (Phi) is 8.50. The quantitative estimate of drug-likeness (QED) is 0.424. The van der Waals surface area contributed by atoms with E-state index >= 15 is 0 Å². The van der Waals surface area contributed by atoms with Gasteiger partial charge in [0.05, 0.1) is 24.7 Å². The molecule has 2 heterocycles. The third-order valence-corrected chi connectivity index (χ3v) is 8.73. The van der Waals surface area contributed by atoms with Crippen molar-refractivity contribution in [3.8, 4) is 0 Å². The van der Waals surface area contributed by atoms with Gasteiger partial charge in [0.1, 0.15) is 0 Å². The van der Waals surface area contributed by atoms with Crippen LogP contribution in [-0.4, -0.2) is 56.4 Å². The molecular formula is C26H30N2O4S2. The fourth-order valence-corrected chi connectivity index (χ4v) is 6.09. The molecule has 4 rings (SSSR count). The Bertz CT molecular complexity index is 1140. The van der Waals surface area contributed by atoms with Crippen LogP contribution in [0.4, 0.5) is 0 Å². The van der Waals surface area contributed by atoms with Gasteiger partial charge in [0.25, 0.3) is 0 Å². The lowest BCUT2D eigenvalue weighted by atomic mass is 10.1. The van der Waals surface area contributed by atoms with E-state index in [-0.39, 0.29) is 10.8 Å². The van der Waals surface area contributed by atoms with E-state index in [0.717, 1.165) is 12.0 Å². The molecular weight excluding hydrogens is 468 g/mol. The number of rotatable bonds is 10. The maximum absolute atomic E-state index is 13.1. The smallest absolute Gasteiger partial charge is 0.243 e. The summed E-state index contributed by atoms with van der Waals surface area (Å²) in [6.45, 7) is 2.87. The molecule has 1 aliphatic heterocycles. The van der Waals surface area contributed by atoms with Gasteiger partial charge < -0.3 is 9.64 Å². The van der Waals surface area contributed by atoms with Crippen molar-refractivity contribution in [1.82, 2.24) is 9.21 Å². The first kappa shape index (κ1) is 24.6. The molecule has 0 saturated carbocycles. The highest BCUT2D eigenvalue weighted by atomic mass is 32.2. The van der Waals surface area contributed by atoms with Crippen molar-refractivity contribution >= 4 is 27.3 Å². The molecule has 1 amide bonds. The van der Waals surface area contributed by atoms with Crippen LogP contribution in [0.1, 0.15) is 22.4 Å². The topological polar surface area (TPSA) is 66.9 Å². The third kappa shape index (κ3) is 6.54. The summed E-state index contributed by atoms with van der Waals surface area (Å²) in [5.41, 5.74) is 2.16. The molecule has 3 aromatic rings. The summed E-state index contributed by atoms with van der Waals surface area (Å²) >= 11 is 1.66. The first-order valence-electron chi connectivity index (χ1n) is 11.5. The summed E-state index contributed by atoms with van der Waals surface area (Å²) in [6, 6.07) is 21.2. The fraction of sp³-hybridized carbons (Fsp3) is 0.346. The second-order valence-electron chi connectivity index (χ2n) is 8.29. The van der Waals surface area contributed by atoms with Gasteiger partial charge in [-0.1, -0.05) is 48.5 Å². The second-order valence-corrected chi connectivity index (χ2v) is 11.3. The van der Waals surface area contributed by atoms with E-state index in [4.69, 9.17) is 4.74 Å². The highest BCUT2D eigenvalue weighted by Crippen LogP contribution is 2.19. The Hall–Kier alpha value is -2.52. The number of ether oxygens (including phenoxy) is 1. The summed E-state index contributed by atoms with van der Waals surface area (Å²) < 4.78 is 32.3. The molecule has 0 spiro atoms. The van der Waals surface area contributed by atoms with E-state index in [1.54, 1.807) is 23.5 Å². The first-order chi connectivity index (χ1) is 16.5. The average molecular weight is 499 g/mol. The molecule has 0 aliphatic carbocycles. The molecule has 0 unspecified atom stereocenters. The van der Waals surface area contributed by atoms with Crippen molar-refractivity contribution in [2.75, 3.05) is 32.8 Å². The van der Waals surface area contributed by atoms with Gasteiger partial charge in [0, 0.05) is 30.9 Å². The number of amides is 1. The second kappa shape index (κ2) is 11.8. The summed E-state index contributed by atoms with van der Waals surface area (Å²) in [4.78, 5) is 16.5. The van der Waals surface area contributed by atoms with Crippen LogP contribution in [0.2, 0.25) is 0 Å². The molecule has 1 aliphatic rings. The Labute approximate surface area is 205 Å². The average Bonchev–Trinajstić information content (AvgIpc) is 3.40. The highest BCUT2D eigenvalue weighted by Gasteiger charge is 2.26. The number of carbonyl (C=O) groups is 1. The van der Waals surface area contributed by atoms with Crippen LogP contribution >= 0.6 is 11.3 Å². The number of hydrogen-bond donors (Lipinski definition) is 0. The predicted molar refractivity (Wildman–Crippen MR) is 134 cm³/mol. The van der Waals surface area contributed by atoms with Gasteiger partial charge in [-0.25, -0.2) is 8.42 Å². The number of benzene rings is 2. The SMILES string of the molecule is O=C(CCc1ccc(S(=O)(=O)N2CCOCC2)cc1)N(CCc1ccccc1)Cc1cccs1. The van der Waals surface area contributed by atoms with Crippen LogP contribution in [0.25, 0.3) is 0 Å². The first-order valence-corrected chi connectivity index (χ1v) is 13.9. The number of aryl methyl sites for hydroxylation is 1. The van der Waals surface area contributed by atoms with E-state index in [0.29, 0.717) is 52.2 Å². The molecule has 1 saturated heterocycles. The molecule has 1 fully saturated rings. The van der Waals surface area contributed by atoms with Gasteiger partial charge in [0.15, 0.2) is 0 Å². The van der Waals surface area contributed by atoms with E-state index in [9.17, 15) is 13.2 Å². The van der Waals surface area contributed by atoms with Crippen molar-refractivity contribution in [3.63, 3.8) is 0 Å². The maximum Gasteiger partial charge on any atom is 0.243 e. The predicted octanol–water partition coefficient (Wildman–Crippen LogP) is 3.97. The Morgan fingerprint density at radius 3 is 2.29 bits per heavy atom. The van der Waals surface area contributed by atoms with E-state index < -0.39 is 10.0 Å². The van der Waals surface area contributed by atoms with Gasteiger partial charge in [-0.2, -0.15) is 4.31 Å². The van der Waals surface area contributed by atoms with Gasteiger partial charge in [-0.05, 0) is 47.5 Å². The zero-order chi connectivity index (χ0) is 23.8. The molecule has 8 heteroatoms. The molecule has 2 aromatic carbocycles. The van der Waals surface area contributed by atoms with Crippen LogP contribution in [-0.2, 0) is 38.9 Å². The molecule has 1 aromatic heterocycles. The number of carbonyl (C=O) groups excluding carboxylic acids is 1. The van der Waals surface area contributed by atoms with Crippen LogP contribution < -0.4 is 0 Å². The molecule has 0 N–H and O–H groups in total. The van der Waals surface area contributed by atoms with Gasteiger partial charge >= 0.3 is 0 Å². The monoisotopic (exact) mass is 498 g/mol. The standard InChI is InChI=1S/C26H30N2O4S2/c29-26(27(21-24-7-4-20-33-24)15-14-22-5-2-1-3-6-22)13-10-23-8-11-25(12-9-23)34(30,31)28-16-18-32-19-17-28/h1-9,11-12,20H,10,13-19,21H2. The van der Waals surface area contributed by atoms with Crippen LogP contribution in [0, 0.1) is 0 Å². The van der Waals surface area contributed by atoms with Crippen molar-refractivity contribution in [1.29, 1.82) is 0 Å². The number of hydrogen-bond acceptors (Lipinski definition) is 5. The Balaban J connectivity index is 1.36. The summed E-state index contributed by atoms with van der Waals surface area (Å²) in [6.07, 6.45) is 1.77. The minimum absolute atomic E-state index is 0.106. The van der Waals surface area contributed by atoms with Crippen LogP contribution in [0.5, 0.6) is 0 Å². The molecule has 0 bridgehead atoms. The molecule has 0 radical (unpaired) electrons. The van der Waals surface area contributed by atoms with E-state index in [2.05, 4.69) is 18.2 Å².